The van der Waals surface area contributed by atoms with Crippen molar-refractivity contribution < 1.29 is 41.4 Å². The number of alkyl halides is 3. The maximum absolute atomic E-state index is 14.9. The van der Waals surface area contributed by atoms with Crippen molar-refractivity contribution in [3.05, 3.63) is 58.8 Å². The van der Waals surface area contributed by atoms with Crippen LogP contribution in [0, 0.1) is 18.6 Å². The molecule has 1 aromatic heterocycles. The number of rotatable bonds is 6. The van der Waals surface area contributed by atoms with Gasteiger partial charge in [-0.1, -0.05) is 6.92 Å². The Morgan fingerprint density at radius 3 is 2.35 bits per heavy atom. The average molecular weight is 484 g/mol. The van der Waals surface area contributed by atoms with Crippen LogP contribution >= 0.6 is 0 Å². The van der Waals surface area contributed by atoms with Gasteiger partial charge in [0.15, 0.2) is 17.4 Å². The van der Waals surface area contributed by atoms with Gasteiger partial charge in [-0.2, -0.15) is 0 Å². The lowest BCUT2D eigenvalue weighted by Gasteiger charge is -2.12. The lowest BCUT2D eigenvalue weighted by atomic mass is 10.1. The molecule has 11 heteroatoms. The lowest BCUT2D eigenvalue weighted by Crippen LogP contribution is -2.33. The Hall–Kier alpha value is -3.63. The van der Waals surface area contributed by atoms with Gasteiger partial charge in [-0.15, -0.1) is 13.2 Å². The maximum atomic E-state index is 14.9. The van der Waals surface area contributed by atoms with Gasteiger partial charge in [0.1, 0.15) is 5.75 Å². The highest BCUT2D eigenvalue weighted by Gasteiger charge is 2.31. The monoisotopic (exact) mass is 484 g/mol. The van der Waals surface area contributed by atoms with E-state index in [1.807, 2.05) is 6.92 Å². The average Bonchev–Trinajstić information content (AvgIpc) is 3.01. The molecular weight excluding hydrogens is 463 g/mol. The molecule has 3 aromatic rings. The molecule has 2 N–H and O–H groups in total. The van der Waals surface area contributed by atoms with Crippen LogP contribution in [0.4, 0.5) is 22.0 Å². The van der Waals surface area contributed by atoms with E-state index in [2.05, 4.69) is 10.1 Å². The van der Waals surface area contributed by atoms with Crippen LogP contribution in [0.25, 0.3) is 10.9 Å². The Labute approximate surface area is 190 Å². The Morgan fingerprint density at radius 1 is 1.18 bits per heavy atom. The van der Waals surface area contributed by atoms with E-state index in [0.29, 0.717) is 6.42 Å². The third kappa shape index (κ3) is 4.97. The number of nitrogens with zero attached hydrogens (tertiary/aromatic N) is 1. The van der Waals surface area contributed by atoms with Crippen molar-refractivity contribution in [1.29, 1.82) is 0 Å². The summed E-state index contributed by atoms with van der Waals surface area (Å²) in [7, 11) is 0. The fraction of sp³-hybridized carbons (Fsp3) is 0.304. The minimum absolute atomic E-state index is 0.0639. The van der Waals surface area contributed by atoms with Gasteiger partial charge in [0.05, 0.1) is 11.9 Å². The summed E-state index contributed by atoms with van der Waals surface area (Å²) in [5, 5.41) is 12.2. The van der Waals surface area contributed by atoms with Crippen LogP contribution in [0.3, 0.4) is 0 Å². The molecule has 182 valence electrons. The zero-order chi connectivity index (χ0) is 25.4. The van der Waals surface area contributed by atoms with Crippen molar-refractivity contribution in [3.63, 3.8) is 0 Å². The summed E-state index contributed by atoms with van der Waals surface area (Å²) in [6.07, 6.45) is -4.63. The molecule has 3 rings (SSSR count). The van der Waals surface area contributed by atoms with E-state index in [4.69, 9.17) is 0 Å². The molecule has 2 aromatic carbocycles. The number of hydrogen-bond donors (Lipinski definition) is 2. The summed E-state index contributed by atoms with van der Waals surface area (Å²) in [4.78, 5) is 25.7. The molecule has 0 spiro atoms. The Balaban J connectivity index is 2.11. The quantitative estimate of drug-likeness (QED) is 0.484. The van der Waals surface area contributed by atoms with Crippen LogP contribution in [0.5, 0.6) is 11.5 Å². The predicted octanol–water partition coefficient (Wildman–Crippen LogP) is 4.98. The number of nitrogens with one attached hydrogen (secondary N) is 1. The maximum Gasteiger partial charge on any atom is 0.573 e. The van der Waals surface area contributed by atoms with Crippen LogP contribution < -0.4 is 10.1 Å². The highest BCUT2D eigenvalue weighted by Crippen LogP contribution is 2.35. The van der Waals surface area contributed by atoms with Crippen LogP contribution in [0.15, 0.2) is 30.3 Å². The van der Waals surface area contributed by atoms with Gasteiger partial charge in [0.25, 0.3) is 5.91 Å². The molecule has 6 nitrogen and oxygen atoms in total. The topological polar surface area (TPSA) is 80.6 Å². The second kappa shape index (κ2) is 9.32. The third-order valence-electron chi connectivity index (χ3n) is 5.38. The summed E-state index contributed by atoms with van der Waals surface area (Å²) in [6, 6.07) is 4.57. The lowest BCUT2D eigenvalue weighted by molar-refractivity contribution is -0.274. The molecule has 0 aliphatic heterocycles. The van der Waals surface area contributed by atoms with Gasteiger partial charge in [-0.3, -0.25) is 14.2 Å². The Kier molecular flexibility index (Phi) is 6.85. The molecule has 0 aliphatic carbocycles. The van der Waals surface area contributed by atoms with E-state index >= 15 is 0 Å². The standard InChI is InChI=1S/C23H21F5N2O4/c1-4-11(2)29-18(31)9-15-12(3)30(17-10-16(24)21(32)20(25)19(15)17)22(33)13-5-7-14(8-6-13)34-23(26,27)28/h5-8,10-11,32H,4,9H2,1-3H3,(H,29,31)/t11-/m0/s1. The highest BCUT2D eigenvalue weighted by atomic mass is 19.4. The fourth-order valence-corrected chi connectivity index (χ4v) is 3.55. The number of benzene rings is 2. The zero-order valence-corrected chi connectivity index (χ0v) is 18.4. The normalized spacial score (nSPS) is 12.6. The first-order valence-corrected chi connectivity index (χ1v) is 10.2. The second-order valence-corrected chi connectivity index (χ2v) is 7.75. The molecule has 0 bridgehead atoms. The van der Waals surface area contributed by atoms with E-state index < -0.39 is 41.3 Å². The molecule has 1 atom stereocenters. The van der Waals surface area contributed by atoms with Gasteiger partial charge >= 0.3 is 6.36 Å². The van der Waals surface area contributed by atoms with Crippen molar-refractivity contribution in [2.45, 2.75) is 46.0 Å². The van der Waals surface area contributed by atoms with Crippen molar-refractivity contribution in [2.75, 3.05) is 0 Å². The molecule has 0 aliphatic rings. The molecule has 0 saturated heterocycles. The van der Waals surface area contributed by atoms with Crippen molar-refractivity contribution >= 4 is 22.7 Å². The van der Waals surface area contributed by atoms with E-state index in [9.17, 15) is 36.6 Å². The van der Waals surface area contributed by atoms with Crippen molar-refractivity contribution in [2.24, 2.45) is 0 Å². The number of carbonyl (C=O) groups is 2. The Bertz CT molecular complexity index is 1250. The number of phenols is 1. The third-order valence-corrected chi connectivity index (χ3v) is 5.38. The minimum atomic E-state index is -4.92. The van der Waals surface area contributed by atoms with Gasteiger partial charge in [-0.05, 0) is 50.1 Å². The van der Waals surface area contributed by atoms with Crippen LogP contribution in [-0.4, -0.2) is 33.9 Å². The molecule has 0 radical (unpaired) electrons. The van der Waals surface area contributed by atoms with Crippen molar-refractivity contribution in [1.82, 2.24) is 9.88 Å². The number of fused-ring (bicyclic) bond motifs is 1. The SMILES string of the molecule is CC[C@H](C)NC(=O)Cc1c(C)n(C(=O)c2ccc(OC(F)(F)F)cc2)c2cc(F)c(O)c(F)c12. The summed E-state index contributed by atoms with van der Waals surface area (Å²) < 4.78 is 71.0. The first-order chi connectivity index (χ1) is 15.8. The summed E-state index contributed by atoms with van der Waals surface area (Å²) in [5.41, 5.74) is -0.163. The van der Waals surface area contributed by atoms with Gasteiger partial charge in [-0.25, -0.2) is 8.78 Å². The van der Waals surface area contributed by atoms with E-state index in [1.54, 1.807) is 6.92 Å². The number of aromatic hydroxyl groups is 1. The van der Waals surface area contributed by atoms with Gasteiger partial charge in [0.2, 0.25) is 5.91 Å². The van der Waals surface area contributed by atoms with Crippen molar-refractivity contribution in [3.8, 4) is 11.5 Å². The number of hydrogen-bond acceptors (Lipinski definition) is 4. The van der Waals surface area contributed by atoms with E-state index in [0.717, 1.165) is 34.9 Å². The van der Waals surface area contributed by atoms with Gasteiger partial charge < -0.3 is 15.2 Å². The summed E-state index contributed by atoms with van der Waals surface area (Å²) in [5.74, 6) is -5.73. The van der Waals surface area contributed by atoms with E-state index in [1.165, 1.54) is 6.92 Å². The summed E-state index contributed by atoms with van der Waals surface area (Å²) >= 11 is 0. The smallest absolute Gasteiger partial charge is 0.503 e. The highest BCUT2D eigenvalue weighted by molar-refractivity contribution is 6.05. The van der Waals surface area contributed by atoms with Gasteiger partial charge in [0, 0.05) is 28.8 Å². The molecule has 1 amide bonds. The number of amides is 1. The zero-order valence-electron chi connectivity index (χ0n) is 18.4. The predicted molar refractivity (Wildman–Crippen MR) is 113 cm³/mol. The molecular formula is C23H21F5N2O4. The fourth-order valence-electron chi connectivity index (χ4n) is 3.55. The number of halogens is 5. The van der Waals surface area contributed by atoms with E-state index in [-0.39, 0.29) is 40.2 Å². The summed E-state index contributed by atoms with van der Waals surface area (Å²) in [6.45, 7) is 5.04. The Morgan fingerprint density at radius 2 is 1.79 bits per heavy atom. The number of ether oxygens (including phenoxy) is 1. The van der Waals surface area contributed by atoms with Crippen LogP contribution in [-0.2, 0) is 11.2 Å². The van der Waals surface area contributed by atoms with Crippen LogP contribution in [0.2, 0.25) is 0 Å². The van der Waals surface area contributed by atoms with Crippen LogP contribution in [0.1, 0.15) is 41.9 Å². The second-order valence-electron chi connectivity index (χ2n) is 7.75. The first kappa shape index (κ1) is 25.0. The number of phenolic OH excluding ortho intramolecular Hbond substituents is 1. The molecule has 1 heterocycles. The number of aromatic nitrogens is 1. The molecule has 0 fully saturated rings. The number of carbonyl (C=O) groups excluding carboxylic acids is 2. The molecule has 0 unspecified atom stereocenters. The largest absolute Gasteiger partial charge is 0.573 e. The molecule has 34 heavy (non-hydrogen) atoms. The minimum Gasteiger partial charge on any atom is -0.503 e. The molecule has 0 saturated carbocycles. The first-order valence-electron chi connectivity index (χ1n) is 10.2.